The van der Waals surface area contributed by atoms with E-state index in [9.17, 15) is 18.0 Å². The average Bonchev–Trinajstić information content (AvgIpc) is 2.78. The van der Waals surface area contributed by atoms with Gasteiger partial charge in [0.2, 0.25) is 5.95 Å². The number of nitrogens with zero attached hydrogens (tertiary/aromatic N) is 6. The predicted octanol–water partition coefficient (Wildman–Crippen LogP) is 3.05. The molecule has 10 nitrogen and oxygen atoms in total. The van der Waals surface area contributed by atoms with Gasteiger partial charge in [0.1, 0.15) is 17.0 Å². The number of nitrogens with one attached hydrogen (secondary N) is 1. The lowest BCUT2D eigenvalue weighted by atomic mass is 10.3. The van der Waals surface area contributed by atoms with Gasteiger partial charge in [-0.3, -0.25) is 4.79 Å². The zero-order chi connectivity index (χ0) is 25.2. The lowest BCUT2D eigenvalue weighted by Gasteiger charge is -2.32. The van der Waals surface area contributed by atoms with Crippen molar-refractivity contribution < 1.29 is 27.4 Å². The summed E-state index contributed by atoms with van der Waals surface area (Å²) in [5.74, 6) is -0.296. The number of aryl methyl sites for hydroxylation is 1. The number of anilines is 2. The van der Waals surface area contributed by atoms with Crippen LogP contribution in [0.15, 0.2) is 24.4 Å². The number of ether oxygens (including phenoxy) is 2. The highest BCUT2D eigenvalue weighted by Gasteiger charge is 2.31. The minimum absolute atomic E-state index is 0.0154. The van der Waals surface area contributed by atoms with Crippen molar-refractivity contribution in [3.05, 3.63) is 35.1 Å². The Morgan fingerprint density at radius 2 is 1.91 bits per heavy atom. The third-order valence-electron chi connectivity index (χ3n) is 5.12. The Kier molecular flexibility index (Phi) is 7.08. The van der Waals surface area contributed by atoms with Crippen molar-refractivity contribution in [1.82, 2.24) is 24.8 Å². The van der Waals surface area contributed by atoms with Crippen molar-refractivity contribution in [2.75, 3.05) is 50.1 Å². The number of likely N-dealkylation sites (N-methyl/N-ethyl adjacent to an activating group) is 1. The van der Waals surface area contributed by atoms with E-state index in [1.165, 1.54) is 12.3 Å². The van der Waals surface area contributed by atoms with Crippen LogP contribution >= 0.6 is 11.6 Å². The number of halogens is 4. The van der Waals surface area contributed by atoms with Crippen LogP contribution in [-0.4, -0.2) is 76.9 Å². The molecule has 1 aliphatic heterocycles. The fourth-order valence-electron chi connectivity index (χ4n) is 3.36. The molecule has 0 saturated carbocycles. The maximum absolute atomic E-state index is 12.3. The van der Waals surface area contributed by atoms with Crippen LogP contribution in [0, 0.1) is 6.92 Å². The van der Waals surface area contributed by atoms with Gasteiger partial charge in [-0.25, -0.2) is 15.0 Å². The van der Waals surface area contributed by atoms with Crippen molar-refractivity contribution in [2.24, 2.45) is 0 Å². The van der Waals surface area contributed by atoms with Crippen LogP contribution < -0.4 is 19.7 Å². The van der Waals surface area contributed by atoms with Crippen LogP contribution in [0.4, 0.5) is 24.9 Å². The van der Waals surface area contributed by atoms with Gasteiger partial charge in [-0.05, 0) is 26.1 Å². The third kappa shape index (κ3) is 6.36. The molecule has 4 rings (SSSR count). The van der Waals surface area contributed by atoms with Crippen LogP contribution in [0.3, 0.4) is 0 Å². The van der Waals surface area contributed by atoms with E-state index >= 15 is 0 Å². The van der Waals surface area contributed by atoms with E-state index in [1.807, 2.05) is 0 Å². The first-order valence-electron chi connectivity index (χ1n) is 10.5. The van der Waals surface area contributed by atoms with E-state index < -0.39 is 24.6 Å². The minimum Gasteiger partial charge on any atom is -0.482 e. The summed E-state index contributed by atoms with van der Waals surface area (Å²) in [6, 6.07) is 3.14. The van der Waals surface area contributed by atoms with Gasteiger partial charge in [-0.15, -0.1) is 13.2 Å². The number of piperazine rings is 1. The van der Waals surface area contributed by atoms with Gasteiger partial charge in [-0.2, -0.15) is 4.98 Å². The quantitative estimate of drug-likeness (QED) is 0.534. The molecule has 1 fully saturated rings. The molecule has 0 unspecified atom stereocenters. The van der Waals surface area contributed by atoms with Crippen LogP contribution in [0.1, 0.15) is 5.69 Å². The second-order valence-electron chi connectivity index (χ2n) is 7.80. The molecule has 2 aromatic heterocycles. The number of rotatable bonds is 6. The minimum atomic E-state index is -4.85. The van der Waals surface area contributed by atoms with Gasteiger partial charge in [0.05, 0.1) is 16.9 Å². The van der Waals surface area contributed by atoms with Gasteiger partial charge >= 0.3 is 6.36 Å². The monoisotopic (exact) mass is 511 g/mol. The van der Waals surface area contributed by atoms with Crippen LogP contribution in [0.5, 0.6) is 11.5 Å². The highest BCUT2D eigenvalue weighted by molar-refractivity contribution is 6.32. The molecule has 1 saturated heterocycles. The SMILES string of the molecule is Cc1nc(N2CCN(C)CC2)nc2ncc(NC(=O)COc3ccc(OC(F)(F)F)cc3Cl)nc12. The summed E-state index contributed by atoms with van der Waals surface area (Å²) in [5, 5.41) is 2.41. The first-order chi connectivity index (χ1) is 16.6. The molecule has 0 radical (unpaired) electrons. The Labute approximate surface area is 203 Å². The number of hydrogen-bond acceptors (Lipinski definition) is 9. The van der Waals surface area contributed by atoms with E-state index in [2.05, 4.69) is 46.8 Å². The Bertz CT molecular complexity index is 1240. The van der Waals surface area contributed by atoms with Crippen LogP contribution in [0.25, 0.3) is 11.2 Å². The molecule has 3 heterocycles. The molecule has 3 aromatic rings. The largest absolute Gasteiger partial charge is 0.573 e. The summed E-state index contributed by atoms with van der Waals surface area (Å²) in [7, 11) is 2.06. The van der Waals surface area contributed by atoms with Crippen LogP contribution in [0.2, 0.25) is 5.02 Å². The molecule has 186 valence electrons. The van der Waals surface area contributed by atoms with Crippen molar-refractivity contribution >= 4 is 40.4 Å². The molecular formula is C21H21ClF3N7O3. The summed E-state index contributed by atoms with van der Waals surface area (Å²) in [5.41, 5.74) is 1.48. The lowest BCUT2D eigenvalue weighted by Crippen LogP contribution is -2.45. The number of amides is 1. The van der Waals surface area contributed by atoms with Crippen molar-refractivity contribution in [2.45, 2.75) is 13.3 Å². The van der Waals surface area contributed by atoms with Gasteiger partial charge < -0.3 is 24.6 Å². The zero-order valence-corrected chi connectivity index (χ0v) is 19.5. The smallest absolute Gasteiger partial charge is 0.482 e. The normalized spacial score (nSPS) is 14.7. The van der Waals surface area contributed by atoms with E-state index in [0.717, 1.165) is 38.3 Å². The molecule has 0 aliphatic carbocycles. The van der Waals surface area contributed by atoms with Crippen molar-refractivity contribution in [3.8, 4) is 11.5 Å². The van der Waals surface area contributed by atoms with Gasteiger partial charge in [0, 0.05) is 32.2 Å². The lowest BCUT2D eigenvalue weighted by molar-refractivity contribution is -0.274. The second-order valence-corrected chi connectivity index (χ2v) is 8.21. The first-order valence-corrected chi connectivity index (χ1v) is 10.9. The van der Waals surface area contributed by atoms with E-state index in [1.54, 1.807) is 6.92 Å². The van der Waals surface area contributed by atoms with Gasteiger partial charge in [0.25, 0.3) is 5.91 Å². The van der Waals surface area contributed by atoms with E-state index in [0.29, 0.717) is 22.8 Å². The highest BCUT2D eigenvalue weighted by atomic mass is 35.5. The second kappa shape index (κ2) is 10.0. The molecule has 1 aromatic carbocycles. The maximum Gasteiger partial charge on any atom is 0.573 e. The molecule has 1 N–H and O–H groups in total. The Balaban J connectivity index is 1.39. The fraction of sp³-hybridized carbons (Fsp3) is 0.381. The molecule has 1 amide bonds. The third-order valence-corrected chi connectivity index (χ3v) is 5.41. The summed E-state index contributed by atoms with van der Waals surface area (Å²) in [6.07, 6.45) is -3.47. The number of hydrogen-bond donors (Lipinski definition) is 1. The standard InChI is InChI=1S/C21H21ClF3N7O3/c1-12-18-19(30-20(27-12)32-7-5-31(2)6-8-32)26-10-16(29-18)28-17(33)11-34-15-4-3-13(9-14(15)22)35-21(23,24)25/h3-4,9-10H,5-8,11H2,1-2H3,(H,28,29,33). The van der Waals surface area contributed by atoms with E-state index in [4.69, 9.17) is 16.3 Å². The molecule has 0 atom stereocenters. The number of carbonyl (C=O) groups excluding carboxylic acids is 1. The average molecular weight is 512 g/mol. The molecule has 0 bridgehead atoms. The topological polar surface area (TPSA) is 106 Å². The number of carbonyl (C=O) groups is 1. The zero-order valence-electron chi connectivity index (χ0n) is 18.8. The fourth-order valence-corrected chi connectivity index (χ4v) is 3.58. The molecular weight excluding hydrogens is 491 g/mol. The number of alkyl halides is 3. The molecule has 14 heteroatoms. The van der Waals surface area contributed by atoms with Crippen molar-refractivity contribution in [1.29, 1.82) is 0 Å². The summed E-state index contributed by atoms with van der Waals surface area (Å²) in [6.45, 7) is 4.78. The predicted molar refractivity (Wildman–Crippen MR) is 122 cm³/mol. The summed E-state index contributed by atoms with van der Waals surface area (Å²) < 4.78 is 46.0. The summed E-state index contributed by atoms with van der Waals surface area (Å²) >= 11 is 5.91. The van der Waals surface area contributed by atoms with Gasteiger partial charge in [0.15, 0.2) is 18.1 Å². The Morgan fingerprint density at radius 3 is 2.60 bits per heavy atom. The Hall–Kier alpha value is -3.45. The Morgan fingerprint density at radius 1 is 1.17 bits per heavy atom. The summed E-state index contributed by atoms with van der Waals surface area (Å²) in [4.78, 5) is 34.4. The van der Waals surface area contributed by atoms with Crippen LogP contribution in [-0.2, 0) is 4.79 Å². The van der Waals surface area contributed by atoms with Gasteiger partial charge in [-0.1, -0.05) is 11.6 Å². The molecule has 35 heavy (non-hydrogen) atoms. The number of aromatic nitrogens is 4. The number of benzene rings is 1. The van der Waals surface area contributed by atoms with E-state index in [-0.39, 0.29) is 16.6 Å². The first kappa shape index (κ1) is 24.7. The molecule has 1 aliphatic rings. The maximum atomic E-state index is 12.3. The molecule has 0 spiro atoms. The number of fused-ring (bicyclic) bond motifs is 1. The highest BCUT2D eigenvalue weighted by Crippen LogP contribution is 2.31. The van der Waals surface area contributed by atoms with Crippen molar-refractivity contribution in [3.63, 3.8) is 0 Å².